The monoisotopic (exact) mass is 811 g/mol. The summed E-state index contributed by atoms with van der Waals surface area (Å²) in [6, 6.07) is 7.75. The Bertz CT molecular complexity index is 1860. The second-order valence-corrected chi connectivity index (χ2v) is 13.0. The van der Waals surface area contributed by atoms with Crippen molar-refractivity contribution in [1.82, 2.24) is 5.32 Å². The molecular weight excluding hydrogens is 774 g/mol. The number of halogens is 4. The summed E-state index contributed by atoms with van der Waals surface area (Å²) in [7, 11) is -4.10. The molecule has 0 saturated carbocycles. The Morgan fingerprint density at radius 2 is 1.52 bits per heavy atom. The normalized spacial score (nSPS) is 11.0. The average molecular weight is 812 g/mol. The Labute approximate surface area is 310 Å². The molecule has 0 bridgehead atoms. The van der Waals surface area contributed by atoms with Crippen LogP contribution in [0.25, 0.3) is 0 Å². The quantitative estimate of drug-likeness (QED) is 0.0553. The molecular formula is C31H38ClF3N5O13P. The van der Waals surface area contributed by atoms with Gasteiger partial charge in [0.1, 0.15) is 11.5 Å². The van der Waals surface area contributed by atoms with E-state index in [0.717, 1.165) is 31.0 Å². The molecule has 0 fully saturated rings. The van der Waals surface area contributed by atoms with Crippen LogP contribution in [0, 0.1) is 44.2 Å². The molecule has 0 atom stereocenters. The number of benzene rings is 3. The van der Waals surface area contributed by atoms with Crippen molar-refractivity contribution in [3.05, 3.63) is 94.5 Å². The van der Waals surface area contributed by atoms with Crippen molar-refractivity contribution in [1.29, 1.82) is 0 Å². The first-order valence-corrected chi connectivity index (χ1v) is 17.8. The number of carbonyl (C=O) groups is 1. The lowest BCUT2D eigenvalue weighted by molar-refractivity contribution is -0.392. The number of nitrogens with zero attached hydrogens (tertiary/aromatic N) is 3. The molecule has 18 nitrogen and oxygen atoms in total. The maximum atomic E-state index is 12.6. The van der Waals surface area contributed by atoms with E-state index in [2.05, 4.69) is 10.6 Å². The number of carboxylic acids is 1. The molecule has 23 heteroatoms. The number of rotatable bonds is 15. The number of aryl methyl sites for hydroxylation is 1. The highest BCUT2D eigenvalue weighted by atomic mass is 35.5. The van der Waals surface area contributed by atoms with Gasteiger partial charge in [0, 0.05) is 29.8 Å². The van der Waals surface area contributed by atoms with Crippen LogP contribution in [0.4, 0.5) is 35.9 Å². The van der Waals surface area contributed by atoms with Crippen molar-refractivity contribution >= 4 is 47.9 Å². The van der Waals surface area contributed by atoms with E-state index in [1.54, 1.807) is 20.8 Å². The van der Waals surface area contributed by atoms with Gasteiger partial charge in [-0.05, 0) is 63.4 Å². The number of nitro benzene ring substituents is 3. The molecule has 0 aromatic heterocycles. The summed E-state index contributed by atoms with van der Waals surface area (Å²) in [5, 5.41) is 46.1. The standard InChI is InChI=1S/C15H11ClF3NO4.C13H19N3O4.C3H8NO5P/c1-2-23-14-8-10(4-5-12(14)20(21)22)24-13-6-3-9(7-11(13)16)15(17,18)19;1-5-10(6-2)14-12-11(15(17)18)7-8(3)9(4)13(12)16(19)20;5-3(6)1-4-2-10(7,8)9/h3-8H,2H2,1H3;7,10,14H,5-6H2,1-4H3;4H,1-2H2,(H,5,6)(H2,7,8,9). The topological polar surface area (TPSA) is 267 Å². The molecule has 3 aromatic rings. The molecule has 0 aliphatic carbocycles. The maximum Gasteiger partial charge on any atom is 0.416 e. The first-order chi connectivity index (χ1) is 25.0. The predicted octanol–water partition coefficient (Wildman–Crippen LogP) is 7.97. The van der Waals surface area contributed by atoms with Crippen molar-refractivity contribution in [2.24, 2.45) is 0 Å². The predicted molar refractivity (Wildman–Crippen MR) is 191 cm³/mol. The Kier molecular flexibility index (Phi) is 18.2. The van der Waals surface area contributed by atoms with Crippen molar-refractivity contribution in [3.8, 4) is 17.2 Å². The van der Waals surface area contributed by atoms with Gasteiger partial charge in [0.15, 0.2) is 5.69 Å². The average Bonchev–Trinajstić information content (AvgIpc) is 3.05. The second kappa shape index (κ2) is 21.0. The first-order valence-electron chi connectivity index (χ1n) is 15.6. The maximum absolute atomic E-state index is 12.6. The Morgan fingerprint density at radius 1 is 0.926 bits per heavy atom. The molecule has 0 spiro atoms. The number of nitrogens with one attached hydrogen (secondary N) is 2. The van der Waals surface area contributed by atoms with Gasteiger partial charge in [-0.15, -0.1) is 0 Å². The Balaban J connectivity index is 0.000000439. The summed E-state index contributed by atoms with van der Waals surface area (Å²) in [6.07, 6.45) is -3.65. The molecule has 0 radical (unpaired) electrons. The highest BCUT2D eigenvalue weighted by molar-refractivity contribution is 7.51. The van der Waals surface area contributed by atoms with Crippen molar-refractivity contribution < 1.29 is 61.7 Å². The van der Waals surface area contributed by atoms with Gasteiger partial charge in [-0.3, -0.25) is 45.0 Å². The molecule has 0 unspecified atom stereocenters. The summed E-state index contributed by atoms with van der Waals surface area (Å²) in [5.41, 5.74) is -0.596. The zero-order chi connectivity index (χ0) is 41.6. The molecule has 298 valence electrons. The van der Waals surface area contributed by atoms with E-state index in [9.17, 15) is 52.9 Å². The molecule has 0 heterocycles. The van der Waals surface area contributed by atoms with Crippen LogP contribution < -0.4 is 20.1 Å². The fraction of sp³-hybridized carbons (Fsp3) is 0.387. The Morgan fingerprint density at radius 3 is 1.96 bits per heavy atom. The third kappa shape index (κ3) is 15.1. The molecule has 0 saturated heterocycles. The van der Waals surface area contributed by atoms with Gasteiger partial charge in [-0.1, -0.05) is 25.4 Å². The molecule has 0 aliphatic heterocycles. The van der Waals surface area contributed by atoms with Gasteiger partial charge in [0.25, 0.3) is 5.69 Å². The van der Waals surface area contributed by atoms with Crippen LogP contribution in [-0.4, -0.2) is 61.1 Å². The van der Waals surface area contributed by atoms with Crippen molar-refractivity contribution in [3.63, 3.8) is 0 Å². The molecule has 0 amide bonds. The van der Waals surface area contributed by atoms with Gasteiger partial charge in [0.2, 0.25) is 5.75 Å². The van der Waals surface area contributed by atoms with Crippen molar-refractivity contribution in [2.45, 2.75) is 59.7 Å². The van der Waals surface area contributed by atoms with Gasteiger partial charge >= 0.3 is 31.1 Å². The zero-order valence-electron chi connectivity index (χ0n) is 29.4. The number of hydrogen-bond acceptors (Lipinski definition) is 12. The fourth-order valence-corrected chi connectivity index (χ4v) is 4.89. The van der Waals surface area contributed by atoms with E-state index in [0.29, 0.717) is 11.1 Å². The van der Waals surface area contributed by atoms with Gasteiger partial charge in [0.05, 0.1) is 44.8 Å². The van der Waals surface area contributed by atoms with Crippen LogP contribution >= 0.6 is 19.2 Å². The third-order valence-corrected chi connectivity index (χ3v) is 7.95. The molecule has 3 aromatic carbocycles. The van der Waals surface area contributed by atoms with Crippen LogP contribution in [0.5, 0.6) is 17.2 Å². The number of alkyl halides is 3. The minimum Gasteiger partial charge on any atom is -0.487 e. The van der Waals surface area contributed by atoms with E-state index in [1.165, 1.54) is 24.3 Å². The number of hydrogen-bond donors (Lipinski definition) is 5. The SMILES string of the molecule is CCC(CC)Nc1c([N+](=O)[O-])cc(C)c(C)c1[N+](=O)[O-].CCOc1cc(Oc2ccc(C(F)(F)F)cc2Cl)ccc1[N+](=O)[O-].O=C(O)CNCP(=O)(O)O. The number of nitro groups is 3. The zero-order valence-corrected chi connectivity index (χ0v) is 31.0. The van der Waals surface area contributed by atoms with E-state index < -0.39 is 52.9 Å². The van der Waals surface area contributed by atoms with E-state index in [4.69, 9.17) is 36.0 Å². The molecule has 54 heavy (non-hydrogen) atoms. The molecule has 5 N–H and O–H groups in total. The first kappa shape index (κ1) is 46.9. The van der Waals surface area contributed by atoms with Crippen molar-refractivity contribution in [2.75, 3.05) is 24.8 Å². The summed E-state index contributed by atoms with van der Waals surface area (Å²) in [4.78, 5) is 57.7. The van der Waals surface area contributed by atoms with Crippen LogP contribution in [-0.2, 0) is 15.5 Å². The highest BCUT2D eigenvalue weighted by Crippen LogP contribution is 2.40. The van der Waals surface area contributed by atoms with E-state index in [-0.39, 0.29) is 57.7 Å². The number of anilines is 1. The van der Waals surface area contributed by atoms with Crippen LogP contribution in [0.1, 0.15) is 50.3 Å². The molecule has 3 rings (SSSR count). The summed E-state index contributed by atoms with van der Waals surface area (Å²) >= 11 is 5.80. The van der Waals surface area contributed by atoms with Crippen LogP contribution in [0.3, 0.4) is 0 Å². The third-order valence-electron chi connectivity index (χ3n) is 7.02. The van der Waals surface area contributed by atoms with Gasteiger partial charge in [-0.25, -0.2) is 0 Å². The van der Waals surface area contributed by atoms with Crippen LogP contribution in [0.2, 0.25) is 5.02 Å². The van der Waals surface area contributed by atoms with E-state index >= 15 is 0 Å². The van der Waals surface area contributed by atoms with Crippen LogP contribution in [0.15, 0.2) is 42.5 Å². The lowest BCUT2D eigenvalue weighted by atomic mass is 10.0. The minimum atomic E-state index is -4.52. The smallest absolute Gasteiger partial charge is 0.416 e. The lowest BCUT2D eigenvalue weighted by Gasteiger charge is -2.17. The highest BCUT2D eigenvalue weighted by Gasteiger charge is 2.32. The number of aliphatic carboxylic acids is 1. The summed E-state index contributed by atoms with van der Waals surface area (Å²) in [5.74, 6) is -1.02. The van der Waals surface area contributed by atoms with E-state index in [1.807, 2.05) is 13.8 Å². The summed E-state index contributed by atoms with van der Waals surface area (Å²) < 4.78 is 58.4. The number of ether oxygens (including phenoxy) is 2. The summed E-state index contributed by atoms with van der Waals surface area (Å²) in [6.45, 7) is 8.52. The second-order valence-electron chi connectivity index (χ2n) is 10.9. The van der Waals surface area contributed by atoms with Gasteiger partial charge in [-0.2, -0.15) is 13.2 Å². The number of carboxylic acid groups (broad SMARTS) is 1. The Hall–Kier alpha value is -5.08. The largest absolute Gasteiger partial charge is 0.487 e. The lowest BCUT2D eigenvalue weighted by Crippen LogP contribution is -2.23. The fourth-order valence-electron chi connectivity index (χ4n) is 4.27. The minimum absolute atomic E-state index is 0.0109. The molecule has 0 aliphatic rings. The van der Waals surface area contributed by atoms with Gasteiger partial charge < -0.3 is 29.7 Å².